The number of aromatic nitrogens is 2. The molecule has 100 valence electrons. The van der Waals surface area contributed by atoms with Crippen molar-refractivity contribution in [2.45, 2.75) is 13.5 Å². The molecular weight excluding hydrogens is 292 g/mol. The molecule has 0 aromatic carbocycles. The summed E-state index contributed by atoms with van der Waals surface area (Å²) in [4.78, 5) is 36.7. The van der Waals surface area contributed by atoms with Crippen LogP contribution in [0.25, 0.3) is 0 Å². The summed E-state index contributed by atoms with van der Waals surface area (Å²) in [7, 11) is 0. The van der Waals surface area contributed by atoms with E-state index in [9.17, 15) is 14.4 Å². The van der Waals surface area contributed by atoms with Crippen LogP contribution in [0.15, 0.2) is 21.9 Å². The van der Waals surface area contributed by atoms with Crippen LogP contribution in [0.5, 0.6) is 0 Å². The van der Waals surface area contributed by atoms with Gasteiger partial charge in [-0.3, -0.25) is 14.3 Å². The third-order valence-electron chi connectivity index (χ3n) is 2.54. The van der Waals surface area contributed by atoms with E-state index in [0.29, 0.717) is 5.56 Å². The first-order chi connectivity index (χ1) is 8.88. The Hall–Kier alpha value is -1.86. The molecule has 0 atom stereocenters. The Kier molecular flexibility index (Phi) is 3.59. The number of H-pyrrole nitrogens is 1. The standard InChI is InChI=1S/C11H9ClN2O4S/c1-5-6(2-8(19-5)10(16)17)3-14-4-7(12)9(15)13-11(14)18/h2,4H,3H2,1H3,(H,16,17)(H,13,15,18). The minimum absolute atomic E-state index is 0.0917. The minimum atomic E-state index is -1.01. The van der Waals surface area contributed by atoms with E-state index in [1.54, 1.807) is 6.92 Å². The maximum Gasteiger partial charge on any atom is 0.345 e. The summed E-state index contributed by atoms with van der Waals surface area (Å²) in [5.74, 6) is -1.01. The van der Waals surface area contributed by atoms with Gasteiger partial charge in [-0.15, -0.1) is 11.3 Å². The molecule has 0 saturated heterocycles. The number of nitrogens with zero attached hydrogens (tertiary/aromatic N) is 1. The van der Waals surface area contributed by atoms with Crippen molar-refractivity contribution < 1.29 is 9.90 Å². The van der Waals surface area contributed by atoms with E-state index in [1.165, 1.54) is 16.8 Å². The molecular formula is C11H9ClN2O4S. The Labute approximate surface area is 115 Å². The van der Waals surface area contributed by atoms with Crippen molar-refractivity contribution >= 4 is 28.9 Å². The Balaban J connectivity index is 2.42. The highest BCUT2D eigenvalue weighted by Crippen LogP contribution is 2.22. The highest BCUT2D eigenvalue weighted by atomic mass is 35.5. The molecule has 0 aliphatic carbocycles. The largest absolute Gasteiger partial charge is 0.477 e. The topological polar surface area (TPSA) is 92.2 Å². The average molecular weight is 301 g/mol. The number of hydrogen-bond acceptors (Lipinski definition) is 4. The van der Waals surface area contributed by atoms with Crippen molar-refractivity contribution in [2.24, 2.45) is 0 Å². The fourth-order valence-electron chi connectivity index (χ4n) is 1.57. The Morgan fingerprint density at radius 3 is 2.79 bits per heavy atom. The van der Waals surface area contributed by atoms with Crippen molar-refractivity contribution in [3.63, 3.8) is 0 Å². The number of aromatic amines is 1. The summed E-state index contributed by atoms with van der Waals surface area (Å²) in [5.41, 5.74) is -0.527. The number of aromatic carboxylic acids is 1. The number of carboxylic acids is 1. The number of nitrogens with one attached hydrogen (secondary N) is 1. The number of aryl methyl sites for hydroxylation is 1. The van der Waals surface area contributed by atoms with Gasteiger partial charge in [-0.2, -0.15) is 0 Å². The molecule has 2 heterocycles. The summed E-state index contributed by atoms with van der Waals surface area (Å²) in [5, 5.41) is 8.81. The molecule has 2 N–H and O–H groups in total. The molecule has 0 radical (unpaired) electrons. The molecule has 0 bridgehead atoms. The van der Waals surface area contributed by atoms with Gasteiger partial charge in [0.05, 0.1) is 6.54 Å². The van der Waals surface area contributed by atoms with Crippen molar-refractivity contribution in [2.75, 3.05) is 0 Å². The zero-order valence-corrected chi connectivity index (χ0v) is 11.3. The van der Waals surface area contributed by atoms with Gasteiger partial charge < -0.3 is 5.11 Å². The second kappa shape index (κ2) is 5.02. The molecule has 19 heavy (non-hydrogen) atoms. The predicted molar refractivity (Wildman–Crippen MR) is 71.5 cm³/mol. The average Bonchev–Trinajstić information content (AvgIpc) is 2.68. The second-order valence-corrected chi connectivity index (χ2v) is 5.52. The lowest BCUT2D eigenvalue weighted by Crippen LogP contribution is -2.29. The van der Waals surface area contributed by atoms with Crippen LogP contribution in [0.4, 0.5) is 0 Å². The van der Waals surface area contributed by atoms with Gasteiger partial charge in [-0.25, -0.2) is 9.59 Å². The molecule has 2 aromatic rings. The van der Waals surface area contributed by atoms with Gasteiger partial charge in [0.2, 0.25) is 0 Å². The van der Waals surface area contributed by atoms with Crippen LogP contribution in [0.1, 0.15) is 20.1 Å². The van der Waals surface area contributed by atoms with Gasteiger partial charge in [0.25, 0.3) is 5.56 Å². The lowest BCUT2D eigenvalue weighted by atomic mass is 10.2. The quantitative estimate of drug-likeness (QED) is 0.894. The number of carbonyl (C=O) groups is 1. The first kappa shape index (κ1) is 13.6. The summed E-state index contributed by atoms with van der Waals surface area (Å²) in [6.45, 7) is 1.93. The third kappa shape index (κ3) is 2.77. The number of halogens is 1. The first-order valence-electron chi connectivity index (χ1n) is 5.20. The van der Waals surface area contributed by atoms with E-state index in [1.807, 2.05) is 0 Å². The zero-order valence-electron chi connectivity index (χ0n) is 9.77. The van der Waals surface area contributed by atoms with E-state index in [2.05, 4.69) is 4.98 Å². The molecule has 8 heteroatoms. The molecule has 6 nitrogen and oxygen atoms in total. The smallest absolute Gasteiger partial charge is 0.345 e. The van der Waals surface area contributed by atoms with Gasteiger partial charge in [0.1, 0.15) is 9.90 Å². The molecule has 0 aliphatic rings. The van der Waals surface area contributed by atoms with Crippen molar-refractivity contribution in [3.05, 3.63) is 53.4 Å². The molecule has 0 aliphatic heterocycles. The van der Waals surface area contributed by atoms with Crippen molar-refractivity contribution in [1.29, 1.82) is 0 Å². The molecule has 0 unspecified atom stereocenters. The van der Waals surface area contributed by atoms with Crippen molar-refractivity contribution in [1.82, 2.24) is 9.55 Å². The highest BCUT2D eigenvalue weighted by molar-refractivity contribution is 7.14. The van der Waals surface area contributed by atoms with Crippen LogP contribution in [0.2, 0.25) is 5.02 Å². The number of carboxylic acid groups (broad SMARTS) is 1. The van der Waals surface area contributed by atoms with Crippen LogP contribution in [0, 0.1) is 6.92 Å². The van der Waals surface area contributed by atoms with Gasteiger partial charge in [0, 0.05) is 11.1 Å². The molecule has 0 fully saturated rings. The molecule has 2 aromatic heterocycles. The van der Waals surface area contributed by atoms with Gasteiger partial charge in [0.15, 0.2) is 0 Å². The molecule has 0 saturated carbocycles. The van der Waals surface area contributed by atoms with Gasteiger partial charge >= 0.3 is 11.7 Å². The van der Waals surface area contributed by atoms with Crippen LogP contribution >= 0.6 is 22.9 Å². The van der Waals surface area contributed by atoms with E-state index >= 15 is 0 Å². The van der Waals surface area contributed by atoms with Gasteiger partial charge in [-0.05, 0) is 18.6 Å². The Morgan fingerprint density at radius 2 is 2.21 bits per heavy atom. The summed E-state index contributed by atoms with van der Waals surface area (Å²) in [6.07, 6.45) is 1.24. The maximum atomic E-state index is 11.6. The lowest BCUT2D eigenvalue weighted by Gasteiger charge is -2.04. The summed E-state index contributed by atoms with van der Waals surface area (Å²) in [6, 6.07) is 1.51. The number of rotatable bonds is 3. The van der Waals surface area contributed by atoms with Crippen LogP contribution in [-0.2, 0) is 6.54 Å². The molecule has 0 spiro atoms. The Bertz CT molecular complexity index is 759. The summed E-state index contributed by atoms with van der Waals surface area (Å²) < 4.78 is 1.23. The normalized spacial score (nSPS) is 10.6. The second-order valence-electron chi connectivity index (χ2n) is 3.86. The minimum Gasteiger partial charge on any atom is -0.477 e. The third-order valence-corrected chi connectivity index (χ3v) is 3.89. The highest BCUT2D eigenvalue weighted by Gasteiger charge is 2.12. The van der Waals surface area contributed by atoms with Crippen LogP contribution < -0.4 is 11.2 Å². The molecule has 2 rings (SSSR count). The van der Waals surface area contributed by atoms with E-state index in [0.717, 1.165) is 16.2 Å². The SMILES string of the molecule is Cc1sc(C(=O)O)cc1Cn1cc(Cl)c(=O)[nH]c1=O. The fraction of sp³-hybridized carbons (Fsp3) is 0.182. The number of hydrogen-bond donors (Lipinski definition) is 2. The van der Waals surface area contributed by atoms with E-state index in [-0.39, 0.29) is 16.4 Å². The number of thiophene rings is 1. The lowest BCUT2D eigenvalue weighted by molar-refractivity contribution is 0.0702. The first-order valence-corrected chi connectivity index (χ1v) is 6.40. The van der Waals surface area contributed by atoms with E-state index in [4.69, 9.17) is 16.7 Å². The van der Waals surface area contributed by atoms with Crippen LogP contribution in [0.3, 0.4) is 0 Å². The monoisotopic (exact) mass is 300 g/mol. The van der Waals surface area contributed by atoms with Gasteiger partial charge in [-0.1, -0.05) is 11.6 Å². The fourth-order valence-corrected chi connectivity index (χ4v) is 2.60. The van der Waals surface area contributed by atoms with E-state index < -0.39 is 17.2 Å². The maximum absolute atomic E-state index is 11.6. The summed E-state index contributed by atoms with van der Waals surface area (Å²) >= 11 is 6.79. The zero-order chi connectivity index (χ0) is 14.2. The predicted octanol–water partition coefficient (Wildman–Crippen LogP) is 1.31. The van der Waals surface area contributed by atoms with Crippen LogP contribution in [-0.4, -0.2) is 20.6 Å². The molecule has 0 amide bonds. The Morgan fingerprint density at radius 1 is 1.53 bits per heavy atom. The van der Waals surface area contributed by atoms with Crippen molar-refractivity contribution in [3.8, 4) is 0 Å².